The first-order valence-electron chi connectivity index (χ1n) is 17.4. The molecule has 1 unspecified atom stereocenters. The minimum atomic E-state index is -0.758. The fraction of sp³-hybridized carbons (Fsp3) is 0.326. The van der Waals surface area contributed by atoms with Crippen molar-refractivity contribution in [3.63, 3.8) is 0 Å². The summed E-state index contributed by atoms with van der Waals surface area (Å²) in [5, 5.41) is 21.6. The van der Waals surface area contributed by atoms with Crippen LogP contribution in [0.1, 0.15) is 72.3 Å². The first kappa shape index (κ1) is 40.3. The molecule has 0 amide bonds. The number of fused-ring (bicyclic) bond motifs is 4. The molecule has 7 rings (SSSR count). The van der Waals surface area contributed by atoms with Crippen molar-refractivity contribution in [2.24, 2.45) is 0 Å². The van der Waals surface area contributed by atoms with Gasteiger partial charge in [0.15, 0.2) is 5.78 Å². The first-order chi connectivity index (χ1) is 24.7. The van der Waals surface area contributed by atoms with Gasteiger partial charge in [-0.15, -0.1) is 12.4 Å². The van der Waals surface area contributed by atoms with Gasteiger partial charge in [0, 0.05) is 45.8 Å². The van der Waals surface area contributed by atoms with Crippen LogP contribution < -0.4 is 14.2 Å². The maximum absolute atomic E-state index is 13.1. The number of phenolic OH excluding ortho intramolecular Hbond substituents is 1. The number of benzene rings is 4. The third-order valence-corrected chi connectivity index (χ3v) is 10.8. The van der Waals surface area contributed by atoms with Gasteiger partial charge in [0.05, 0.1) is 24.3 Å². The van der Waals surface area contributed by atoms with Crippen LogP contribution >= 0.6 is 35.8 Å². The predicted molar refractivity (Wildman–Crippen MR) is 217 cm³/mol. The Labute approximate surface area is 328 Å². The van der Waals surface area contributed by atoms with Crippen molar-refractivity contribution < 1.29 is 29.2 Å². The highest BCUT2D eigenvalue weighted by Gasteiger charge is 2.36. The molecule has 0 aliphatic carbocycles. The van der Waals surface area contributed by atoms with Crippen LogP contribution in [-0.4, -0.2) is 66.0 Å². The highest BCUT2D eigenvalue weighted by molar-refractivity contribution is 7.99. The van der Waals surface area contributed by atoms with Crippen LogP contribution in [0.3, 0.4) is 0 Å². The lowest BCUT2D eigenvalue weighted by Gasteiger charge is -2.37. The fourth-order valence-electron chi connectivity index (χ4n) is 6.55. The summed E-state index contributed by atoms with van der Waals surface area (Å²) in [6, 6.07) is 21.5. The van der Waals surface area contributed by atoms with Gasteiger partial charge in [-0.2, -0.15) is 0 Å². The van der Waals surface area contributed by atoms with Crippen LogP contribution in [0.25, 0.3) is 11.6 Å². The number of halogens is 2. The van der Waals surface area contributed by atoms with Crippen molar-refractivity contribution in [3.8, 4) is 23.0 Å². The average Bonchev–Trinajstić information content (AvgIpc) is 3.08. The summed E-state index contributed by atoms with van der Waals surface area (Å²) in [7, 11) is 5.77. The third-order valence-electron chi connectivity index (χ3n) is 9.44. The molecule has 280 valence electrons. The van der Waals surface area contributed by atoms with E-state index in [1.807, 2.05) is 56.0 Å². The number of ether oxygens (including phenoxy) is 3. The molecule has 0 saturated carbocycles. The van der Waals surface area contributed by atoms with Gasteiger partial charge in [-0.05, 0) is 119 Å². The number of ketones is 1. The van der Waals surface area contributed by atoms with Crippen LogP contribution in [0.4, 0.5) is 0 Å². The lowest BCUT2D eigenvalue weighted by atomic mass is 9.89. The molecule has 0 fully saturated rings. The number of hydrogen-bond acceptors (Lipinski definition) is 8. The Morgan fingerprint density at radius 3 is 2.47 bits per heavy atom. The number of aliphatic hydroxyl groups is 1. The topological polar surface area (TPSA) is 88.5 Å². The Bertz CT molecular complexity index is 2070. The average molecular weight is 777 g/mol. The van der Waals surface area contributed by atoms with Crippen LogP contribution in [-0.2, 0) is 12.8 Å². The highest BCUT2D eigenvalue weighted by atomic mass is 35.5. The summed E-state index contributed by atoms with van der Waals surface area (Å²) in [6.45, 7) is 8.57. The van der Waals surface area contributed by atoms with Gasteiger partial charge in [-0.1, -0.05) is 53.7 Å². The van der Waals surface area contributed by atoms with Gasteiger partial charge >= 0.3 is 0 Å². The van der Waals surface area contributed by atoms with Crippen molar-refractivity contribution in [1.82, 2.24) is 4.90 Å². The summed E-state index contributed by atoms with van der Waals surface area (Å²) >= 11 is 8.03. The van der Waals surface area contributed by atoms with E-state index in [2.05, 4.69) is 61.5 Å². The van der Waals surface area contributed by atoms with Gasteiger partial charge in [-0.25, -0.2) is 0 Å². The Morgan fingerprint density at radius 2 is 1.74 bits per heavy atom. The number of aliphatic hydroxyl groups excluding tert-OH is 1. The van der Waals surface area contributed by atoms with Crippen LogP contribution in [0.15, 0.2) is 88.7 Å². The number of carbonyl (C=O) groups excluding carboxylic acids is 1. The van der Waals surface area contributed by atoms with Crippen molar-refractivity contribution in [2.45, 2.75) is 74.1 Å². The number of rotatable bonds is 7. The lowest BCUT2D eigenvalue weighted by molar-refractivity contribution is -0.0412. The molecule has 53 heavy (non-hydrogen) atoms. The van der Waals surface area contributed by atoms with E-state index in [0.717, 1.165) is 23.6 Å². The van der Waals surface area contributed by atoms with Crippen LogP contribution in [0, 0.1) is 0 Å². The molecule has 10 heteroatoms. The summed E-state index contributed by atoms with van der Waals surface area (Å²) in [6.07, 6.45) is 6.97. The standard InChI is InChI=1S/C25H28O6.C18H18ClNS.ClH/c1-24(2)9-8-16-20(30-24)7-6-14(23(16)29-5)11-18(26)17-10-15-12-22(28)25(3,4)31-21(15)13-19(17)27;1-20(2)11-5-7-14-15-6-3-4-8-17(15)21-18-10-9-13(19)12-16(14)18;/h6-10,13,22,27-28H,11-12H2,1-5H3;3-4,6-10,12H,5,11H2,1-2H3;1H. The van der Waals surface area contributed by atoms with Gasteiger partial charge in [0.1, 0.15) is 34.2 Å². The smallest absolute Gasteiger partial charge is 0.171 e. The zero-order valence-electron chi connectivity index (χ0n) is 31.2. The Hall–Kier alpha value is -3.92. The quantitative estimate of drug-likeness (QED) is 0.158. The summed E-state index contributed by atoms with van der Waals surface area (Å²) < 4.78 is 17.4. The van der Waals surface area contributed by atoms with E-state index in [-0.39, 0.29) is 35.9 Å². The second-order valence-corrected chi connectivity index (χ2v) is 16.2. The summed E-state index contributed by atoms with van der Waals surface area (Å²) in [4.78, 5) is 17.9. The maximum Gasteiger partial charge on any atom is 0.171 e. The summed E-state index contributed by atoms with van der Waals surface area (Å²) in [5.41, 5.74) is 5.10. The monoisotopic (exact) mass is 775 g/mol. The van der Waals surface area contributed by atoms with Gasteiger partial charge in [0.2, 0.25) is 0 Å². The van der Waals surface area contributed by atoms with Crippen LogP contribution in [0.5, 0.6) is 23.0 Å². The molecule has 1 atom stereocenters. The molecule has 0 radical (unpaired) electrons. The molecular formula is C43H47Cl2NO6S. The third kappa shape index (κ3) is 8.90. The van der Waals surface area contributed by atoms with Crippen LogP contribution in [0.2, 0.25) is 5.02 Å². The number of aromatic hydroxyl groups is 1. The molecule has 3 heterocycles. The lowest BCUT2D eigenvalue weighted by Crippen LogP contribution is -2.46. The highest BCUT2D eigenvalue weighted by Crippen LogP contribution is 2.46. The van der Waals surface area contributed by atoms with Crippen molar-refractivity contribution in [2.75, 3.05) is 27.7 Å². The molecule has 3 aliphatic rings. The normalized spacial score (nSPS) is 17.8. The van der Waals surface area contributed by atoms with Crippen molar-refractivity contribution in [3.05, 3.63) is 117 Å². The van der Waals surface area contributed by atoms with E-state index in [0.29, 0.717) is 34.8 Å². The first-order valence-corrected chi connectivity index (χ1v) is 18.6. The van der Waals surface area contributed by atoms with E-state index >= 15 is 0 Å². The molecular weight excluding hydrogens is 729 g/mol. The molecule has 0 spiro atoms. The number of Topliss-reactive ketones (excluding diaryl/α,β-unsaturated/α-hetero) is 1. The zero-order chi connectivity index (χ0) is 37.4. The molecule has 0 saturated heterocycles. The SMILES string of the molecule is CN(C)CCC=C1c2ccccc2Sc2ccc(Cl)cc21.COc1c(CC(=O)c2cc3c(cc2O)OC(C)(C)C(O)C3)ccc2c1C=CC(C)(C)O2.Cl. The number of nitrogens with zero attached hydrogens (tertiary/aromatic N) is 1. The molecule has 2 N–H and O–H groups in total. The fourth-order valence-corrected chi connectivity index (χ4v) is 7.81. The number of carbonyl (C=O) groups is 1. The van der Waals surface area contributed by atoms with E-state index in [1.165, 1.54) is 32.6 Å². The molecule has 7 nitrogen and oxygen atoms in total. The number of methoxy groups -OCH3 is 1. The van der Waals surface area contributed by atoms with E-state index in [9.17, 15) is 15.0 Å². The second-order valence-electron chi connectivity index (χ2n) is 14.7. The van der Waals surface area contributed by atoms with E-state index < -0.39 is 17.3 Å². The number of phenols is 1. The predicted octanol–water partition coefficient (Wildman–Crippen LogP) is 9.69. The molecule has 4 aromatic rings. The number of hydrogen-bond donors (Lipinski definition) is 2. The molecule has 0 bridgehead atoms. The Balaban J connectivity index is 0.000000215. The van der Waals surface area contributed by atoms with Gasteiger partial charge < -0.3 is 29.3 Å². The van der Waals surface area contributed by atoms with Gasteiger partial charge in [-0.3, -0.25) is 4.79 Å². The molecule has 3 aliphatic heterocycles. The Morgan fingerprint density at radius 1 is 1.00 bits per heavy atom. The molecule has 4 aromatic carbocycles. The minimum Gasteiger partial charge on any atom is -0.507 e. The zero-order valence-corrected chi connectivity index (χ0v) is 33.5. The summed E-state index contributed by atoms with van der Waals surface area (Å²) in [5.74, 6) is 1.37. The van der Waals surface area contributed by atoms with Gasteiger partial charge in [0.25, 0.3) is 0 Å². The van der Waals surface area contributed by atoms with Crippen molar-refractivity contribution in [1.29, 1.82) is 0 Å². The largest absolute Gasteiger partial charge is 0.507 e. The van der Waals surface area contributed by atoms with E-state index in [4.69, 9.17) is 25.8 Å². The maximum atomic E-state index is 13.1. The Kier molecular flexibility index (Phi) is 12.3. The molecule has 0 aromatic heterocycles. The van der Waals surface area contributed by atoms with Crippen molar-refractivity contribution >= 4 is 53.2 Å². The van der Waals surface area contributed by atoms with E-state index in [1.54, 1.807) is 27.0 Å². The second kappa shape index (κ2) is 16.2. The minimum absolute atomic E-state index is 0.